The third-order valence-corrected chi connectivity index (χ3v) is 2.66. The van der Waals surface area contributed by atoms with Gasteiger partial charge in [-0.2, -0.15) is 0 Å². The molecule has 2 nitrogen and oxygen atoms in total. The molecule has 0 radical (unpaired) electrons. The Hall–Kier alpha value is -0.530. The predicted octanol–water partition coefficient (Wildman–Crippen LogP) is 3.85. The summed E-state index contributed by atoms with van der Waals surface area (Å²) in [6, 6.07) is 0. The van der Waals surface area contributed by atoms with E-state index in [9.17, 15) is 4.79 Å². The molecule has 0 heterocycles. The largest absolute Gasteiger partial charge is 0.481 e. The first-order chi connectivity index (χ1) is 6.72. The zero-order chi connectivity index (χ0) is 10.8. The minimum Gasteiger partial charge on any atom is -0.481 e. The van der Waals surface area contributed by atoms with Crippen LogP contribution in [0.25, 0.3) is 0 Å². The van der Waals surface area contributed by atoms with Gasteiger partial charge >= 0.3 is 5.97 Å². The minimum absolute atomic E-state index is 0.0289. The number of carboxylic acids is 1. The summed E-state index contributed by atoms with van der Waals surface area (Å²) < 4.78 is 0. The predicted molar refractivity (Wildman–Crippen MR) is 59.4 cm³/mol. The molecular formula is C12H24O2. The average molecular weight is 200 g/mol. The molecule has 0 atom stereocenters. The molecule has 0 saturated heterocycles. The van der Waals surface area contributed by atoms with E-state index in [1.807, 2.05) is 0 Å². The highest BCUT2D eigenvalue weighted by Gasteiger charge is 2.19. The Kier molecular flexibility index (Phi) is 8.70. The van der Waals surface area contributed by atoms with Crippen LogP contribution < -0.4 is 0 Å². The van der Waals surface area contributed by atoms with E-state index in [4.69, 9.17) is 5.11 Å². The Bertz CT molecular complexity index is 135. The van der Waals surface area contributed by atoms with Crippen molar-refractivity contribution >= 4 is 5.97 Å². The van der Waals surface area contributed by atoms with Gasteiger partial charge in [0.2, 0.25) is 0 Å². The van der Waals surface area contributed by atoms with Crippen molar-refractivity contribution in [2.24, 2.45) is 5.92 Å². The molecule has 0 aromatic heterocycles. The molecular weight excluding hydrogens is 176 g/mol. The zero-order valence-electron chi connectivity index (χ0n) is 9.59. The van der Waals surface area contributed by atoms with Gasteiger partial charge in [0.1, 0.15) is 0 Å². The van der Waals surface area contributed by atoms with Crippen LogP contribution in [0.2, 0.25) is 0 Å². The molecule has 14 heavy (non-hydrogen) atoms. The highest BCUT2D eigenvalue weighted by atomic mass is 16.4. The van der Waals surface area contributed by atoms with Crippen molar-refractivity contribution in [2.75, 3.05) is 0 Å². The summed E-state index contributed by atoms with van der Waals surface area (Å²) >= 11 is 0. The molecule has 1 aliphatic carbocycles. The molecule has 2 heteroatoms. The van der Waals surface area contributed by atoms with E-state index in [0.717, 1.165) is 25.7 Å². The molecule has 0 unspecified atom stereocenters. The van der Waals surface area contributed by atoms with Gasteiger partial charge in [-0.1, -0.05) is 52.4 Å². The lowest BCUT2D eigenvalue weighted by molar-refractivity contribution is -0.142. The number of rotatable bonds is 3. The number of carbonyl (C=O) groups is 1. The standard InChI is InChI=1S/C7H12O2.C5H12/c8-7(9)6-4-2-1-3-5-6;1-3-5-4-2/h6H,1-5H2,(H,8,9);3-5H2,1-2H3. The molecule has 0 aromatic rings. The normalized spacial score (nSPS) is 17.0. The van der Waals surface area contributed by atoms with Crippen LogP contribution >= 0.6 is 0 Å². The second-order valence-corrected chi connectivity index (χ2v) is 4.03. The monoisotopic (exact) mass is 200 g/mol. The van der Waals surface area contributed by atoms with Crippen molar-refractivity contribution in [3.8, 4) is 0 Å². The number of aliphatic carboxylic acids is 1. The molecule has 1 rings (SSSR count). The van der Waals surface area contributed by atoms with E-state index < -0.39 is 5.97 Å². The van der Waals surface area contributed by atoms with E-state index in [2.05, 4.69) is 13.8 Å². The highest BCUT2D eigenvalue weighted by Crippen LogP contribution is 2.23. The summed E-state index contributed by atoms with van der Waals surface area (Å²) in [5, 5.41) is 8.54. The van der Waals surface area contributed by atoms with Crippen LogP contribution in [0.5, 0.6) is 0 Å². The van der Waals surface area contributed by atoms with Gasteiger partial charge in [-0.3, -0.25) is 4.79 Å². The van der Waals surface area contributed by atoms with E-state index >= 15 is 0 Å². The van der Waals surface area contributed by atoms with Crippen molar-refractivity contribution in [3.05, 3.63) is 0 Å². The summed E-state index contributed by atoms with van der Waals surface area (Å²) in [5.41, 5.74) is 0. The van der Waals surface area contributed by atoms with E-state index in [0.29, 0.717) is 0 Å². The van der Waals surface area contributed by atoms with Gasteiger partial charge in [0, 0.05) is 0 Å². The first-order valence-electron chi connectivity index (χ1n) is 5.95. The smallest absolute Gasteiger partial charge is 0.306 e. The fourth-order valence-electron chi connectivity index (χ4n) is 1.70. The molecule has 1 saturated carbocycles. The Morgan fingerprint density at radius 2 is 1.64 bits per heavy atom. The van der Waals surface area contributed by atoms with Crippen LogP contribution in [-0.4, -0.2) is 11.1 Å². The number of hydrogen-bond donors (Lipinski definition) is 1. The average Bonchev–Trinajstić information content (AvgIpc) is 2.21. The fraction of sp³-hybridized carbons (Fsp3) is 0.917. The van der Waals surface area contributed by atoms with Gasteiger partial charge in [0.15, 0.2) is 0 Å². The van der Waals surface area contributed by atoms with Crippen molar-refractivity contribution < 1.29 is 9.90 Å². The van der Waals surface area contributed by atoms with Gasteiger partial charge in [-0.25, -0.2) is 0 Å². The first-order valence-corrected chi connectivity index (χ1v) is 5.95. The Morgan fingerprint density at radius 1 is 1.14 bits per heavy atom. The molecule has 0 aliphatic heterocycles. The molecule has 0 aromatic carbocycles. The quantitative estimate of drug-likeness (QED) is 0.751. The molecule has 0 bridgehead atoms. The first kappa shape index (κ1) is 13.5. The van der Waals surface area contributed by atoms with Crippen molar-refractivity contribution in [2.45, 2.75) is 65.2 Å². The molecule has 1 N–H and O–H groups in total. The molecule has 1 aliphatic rings. The van der Waals surface area contributed by atoms with Crippen LogP contribution in [-0.2, 0) is 4.79 Å². The summed E-state index contributed by atoms with van der Waals surface area (Å²) in [4.78, 5) is 10.4. The lowest BCUT2D eigenvalue weighted by Crippen LogP contribution is -2.16. The summed E-state index contributed by atoms with van der Waals surface area (Å²) in [6.07, 6.45) is 9.31. The van der Waals surface area contributed by atoms with Gasteiger partial charge in [0.25, 0.3) is 0 Å². The Balaban J connectivity index is 0.000000292. The van der Waals surface area contributed by atoms with Crippen LogP contribution in [0, 0.1) is 5.92 Å². The van der Waals surface area contributed by atoms with Crippen LogP contribution in [0.15, 0.2) is 0 Å². The lowest BCUT2D eigenvalue weighted by atomic mass is 9.90. The van der Waals surface area contributed by atoms with Gasteiger partial charge in [-0.05, 0) is 12.8 Å². The molecule has 84 valence electrons. The van der Waals surface area contributed by atoms with Crippen LogP contribution in [0.4, 0.5) is 0 Å². The number of unbranched alkanes of at least 4 members (excludes halogenated alkanes) is 2. The fourth-order valence-corrected chi connectivity index (χ4v) is 1.70. The number of carboxylic acid groups (broad SMARTS) is 1. The Morgan fingerprint density at radius 3 is 1.86 bits per heavy atom. The van der Waals surface area contributed by atoms with Gasteiger partial charge < -0.3 is 5.11 Å². The summed E-state index contributed by atoms with van der Waals surface area (Å²) in [5.74, 6) is -0.631. The highest BCUT2D eigenvalue weighted by molar-refractivity contribution is 5.69. The van der Waals surface area contributed by atoms with E-state index in [1.54, 1.807) is 0 Å². The van der Waals surface area contributed by atoms with Crippen molar-refractivity contribution in [1.29, 1.82) is 0 Å². The topological polar surface area (TPSA) is 37.3 Å². The third-order valence-electron chi connectivity index (χ3n) is 2.66. The Labute approximate surface area is 87.7 Å². The zero-order valence-corrected chi connectivity index (χ0v) is 9.59. The second kappa shape index (κ2) is 9.04. The van der Waals surface area contributed by atoms with Crippen molar-refractivity contribution in [3.63, 3.8) is 0 Å². The van der Waals surface area contributed by atoms with E-state index in [1.165, 1.54) is 25.7 Å². The van der Waals surface area contributed by atoms with Crippen LogP contribution in [0.1, 0.15) is 65.2 Å². The van der Waals surface area contributed by atoms with Crippen LogP contribution in [0.3, 0.4) is 0 Å². The molecule has 0 amide bonds. The van der Waals surface area contributed by atoms with Crippen molar-refractivity contribution in [1.82, 2.24) is 0 Å². The second-order valence-electron chi connectivity index (χ2n) is 4.03. The maximum Gasteiger partial charge on any atom is 0.306 e. The lowest BCUT2D eigenvalue weighted by Gasteiger charge is -2.16. The van der Waals surface area contributed by atoms with Gasteiger partial charge in [0.05, 0.1) is 5.92 Å². The SMILES string of the molecule is CCCCC.O=C(O)C1CCCCC1. The molecule has 0 spiro atoms. The van der Waals surface area contributed by atoms with Gasteiger partial charge in [-0.15, -0.1) is 0 Å². The number of hydrogen-bond acceptors (Lipinski definition) is 1. The third kappa shape index (κ3) is 6.93. The maximum absolute atomic E-state index is 10.4. The van der Waals surface area contributed by atoms with E-state index in [-0.39, 0.29) is 5.92 Å². The summed E-state index contributed by atoms with van der Waals surface area (Å²) in [7, 11) is 0. The molecule has 1 fully saturated rings. The maximum atomic E-state index is 10.4. The minimum atomic E-state index is -0.602. The summed E-state index contributed by atoms with van der Waals surface area (Å²) in [6.45, 7) is 4.42.